The average molecular weight is 350 g/mol. The first-order chi connectivity index (χ1) is 7.75. The Balaban J connectivity index is 2.33. The molecule has 1 rings (SSSR count). The number of unbranched alkanes of at least 4 members (excludes halogenated alkanes) is 2. The van der Waals surface area contributed by atoms with E-state index in [1.165, 1.54) is 0 Å². The molecule has 16 heavy (non-hydrogen) atoms. The molecule has 0 spiro atoms. The van der Waals surface area contributed by atoms with Crippen LogP contribution in [0, 0.1) is 0 Å². The lowest BCUT2D eigenvalue weighted by Gasteiger charge is -2.05. The van der Waals surface area contributed by atoms with E-state index < -0.39 is 0 Å². The number of halogens is 2. The molecule has 0 saturated carbocycles. The van der Waals surface area contributed by atoms with Gasteiger partial charge in [-0.1, -0.05) is 22.4 Å². The molecule has 0 aromatic carbocycles. The number of nitrogens with zero attached hydrogens (tertiary/aromatic N) is 1. The van der Waals surface area contributed by atoms with Crippen molar-refractivity contribution in [2.75, 3.05) is 11.9 Å². The van der Waals surface area contributed by atoms with Gasteiger partial charge in [0.05, 0.1) is 0 Å². The van der Waals surface area contributed by atoms with Gasteiger partial charge in [-0.3, -0.25) is 4.79 Å². The van der Waals surface area contributed by atoms with Crippen LogP contribution in [0.1, 0.15) is 29.8 Å². The van der Waals surface area contributed by atoms with Gasteiger partial charge in [0.1, 0.15) is 5.69 Å². The Kier molecular flexibility index (Phi) is 6.64. The van der Waals surface area contributed by atoms with Crippen LogP contribution in [-0.2, 0) is 0 Å². The minimum Gasteiger partial charge on any atom is -0.351 e. The lowest BCUT2D eigenvalue weighted by molar-refractivity contribution is 0.0947. The Morgan fingerprint density at radius 2 is 2.19 bits per heavy atom. The van der Waals surface area contributed by atoms with Gasteiger partial charge in [0.25, 0.3) is 5.91 Å². The third-order valence-electron chi connectivity index (χ3n) is 2.07. The maximum Gasteiger partial charge on any atom is 0.271 e. The van der Waals surface area contributed by atoms with Crippen molar-refractivity contribution in [3.05, 3.63) is 28.5 Å². The molecule has 0 fully saturated rings. The van der Waals surface area contributed by atoms with Crippen LogP contribution in [0.15, 0.2) is 22.8 Å². The Labute approximate surface area is 112 Å². The highest BCUT2D eigenvalue weighted by molar-refractivity contribution is 9.10. The number of hydrogen-bond acceptors (Lipinski definition) is 2. The lowest BCUT2D eigenvalue weighted by atomic mass is 10.2. The van der Waals surface area contributed by atoms with Crippen LogP contribution in [-0.4, -0.2) is 22.8 Å². The van der Waals surface area contributed by atoms with Crippen LogP contribution >= 0.6 is 31.9 Å². The Morgan fingerprint density at radius 1 is 1.38 bits per heavy atom. The summed E-state index contributed by atoms with van der Waals surface area (Å²) in [5, 5.41) is 3.87. The van der Waals surface area contributed by atoms with E-state index >= 15 is 0 Å². The molecule has 0 bridgehead atoms. The first-order valence-electron chi connectivity index (χ1n) is 5.20. The number of amides is 1. The summed E-state index contributed by atoms with van der Waals surface area (Å²) >= 11 is 6.67. The second-order valence-electron chi connectivity index (χ2n) is 3.34. The van der Waals surface area contributed by atoms with Crippen molar-refractivity contribution in [1.29, 1.82) is 0 Å². The maximum atomic E-state index is 11.7. The van der Waals surface area contributed by atoms with E-state index in [4.69, 9.17) is 0 Å². The number of rotatable bonds is 6. The number of hydrogen-bond donors (Lipinski definition) is 1. The monoisotopic (exact) mass is 348 g/mol. The number of alkyl halides is 1. The minimum absolute atomic E-state index is 0.119. The molecular formula is C11H14Br2N2O. The van der Waals surface area contributed by atoms with Gasteiger partial charge in [-0.15, -0.1) is 0 Å². The lowest BCUT2D eigenvalue weighted by Crippen LogP contribution is -2.25. The minimum atomic E-state index is -0.119. The Hall–Kier alpha value is -0.420. The van der Waals surface area contributed by atoms with Crippen molar-refractivity contribution < 1.29 is 4.79 Å². The van der Waals surface area contributed by atoms with E-state index in [1.807, 2.05) is 6.07 Å². The molecule has 0 aliphatic heterocycles. The van der Waals surface area contributed by atoms with E-state index in [-0.39, 0.29) is 5.91 Å². The summed E-state index contributed by atoms with van der Waals surface area (Å²) < 4.78 is 0.730. The normalized spacial score (nSPS) is 10.1. The van der Waals surface area contributed by atoms with Gasteiger partial charge in [-0.25, -0.2) is 4.98 Å². The van der Waals surface area contributed by atoms with Gasteiger partial charge in [0.15, 0.2) is 0 Å². The Morgan fingerprint density at radius 3 is 2.88 bits per heavy atom. The van der Waals surface area contributed by atoms with Gasteiger partial charge >= 0.3 is 0 Å². The van der Waals surface area contributed by atoms with E-state index in [1.54, 1.807) is 12.3 Å². The predicted molar refractivity (Wildman–Crippen MR) is 71.9 cm³/mol. The molecule has 3 nitrogen and oxygen atoms in total. The van der Waals surface area contributed by atoms with Crippen molar-refractivity contribution in [3.63, 3.8) is 0 Å². The van der Waals surface area contributed by atoms with Gasteiger partial charge < -0.3 is 5.32 Å². The molecule has 1 amide bonds. The number of carbonyl (C=O) groups excluding carboxylic acids is 1. The first-order valence-corrected chi connectivity index (χ1v) is 7.12. The molecule has 5 heteroatoms. The van der Waals surface area contributed by atoms with Crippen LogP contribution in [0.4, 0.5) is 0 Å². The van der Waals surface area contributed by atoms with Crippen LogP contribution in [0.2, 0.25) is 0 Å². The van der Waals surface area contributed by atoms with Crippen LogP contribution in [0.25, 0.3) is 0 Å². The van der Waals surface area contributed by atoms with Crippen LogP contribution in [0.5, 0.6) is 0 Å². The topological polar surface area (TPSA) is 42.0 Å². The van der Waals surface area contributed by atoms with Gasteiger partial charge in [-0.2, -0.15) is 0 Å². The summed E-state index contributed by atoms with van der Waals surface area (Å²) in [5.74, 6) is -0.119. The fourth-order valence-corrected chi connectivity index (χ4v) is 2.07. The molecule has 1 aromatic rings. The third kappa shape index (κ3) is 4.61. The highest BCUT2D eigenvalue weighted by Gasteiger charge is 2.09. The predicted octanol–water partition coefficient (Wildman–Crippen LogP) is 3.14. The number of carbonyl (C=O) groups is 1. The molecule has 0 aliphatic rings. The van der Waals surface area contributed by atoms with Crippen molar-refractivity contribution >= 4 is 37.8 Å². The SMILES string of the molecule is O=C(NCCCCCBr)c1ncccc1Br. The largest absolute Gasteiger partial charge is 0.351 e. The zero-order valence-corrected chi connectivity index (χ0v) is 12.1. The number of nitrogens with one attached hydrogen (secondary N) is 1. The standard InChI is InChI=1S/C11H14Br2N2O/c12-6-2-1-3-7-15-11(16)10-9(13)5-4-8-14-10/h4-5,8H,1-3,6-7H2,(H,15,16). The van der Waals surface area contributed by atoms with Gasteiger partial charge in [0, 0.05) is 22.5 Å². The van der Waals surface area contributed by atoms with E-state index in [2.05, 4.69) is 42.2 Å². The highest BCUT2D eigenvalue weighted by atomic mass is 79.9. The summed E-state index contributed by atoms with van der Waals surface area (Å²) in [7, 11) is 0. The second-order valence-corrected chi connectivity index (χ2v) is 4.99. The van der Waals surface area contributed by atoms with E-state index in [9.17, 15) is 4.79 Å². The third-order valence-corrected chi connectivity index (χ3v) is 3.27. The van der Waals surface area contributed by atoms with Gasteiger partial charge in [0.2, 0.25) is 0 Å². The van der Waals surface area contributed by atoms with Gasteiger partial charge in [-0.05, 0) is 40.9 Å². The van der Waals surface area contributed by atoms with E-state index in [0.717, 1.165) is 29.1 Å². The van der Waals surface area contributed by atoms with Crippen LogP contribution < -0.4 is 5.32 Å². The summed E-state index contributed by atoms with van der Waals surface area (Å²) in [6.07, 6.45) is 4.88. The van der Waals surface area contributed by atoms with Crippen molar-refractivity contribution in [1.82, 2.24) is 10.3 Å². The van der Waals surface area contributed by atoms with E-state index in [0.29, 0.717) is 12.2 Å². The fraction of sp³-hybridized carbons (Fsp3) is 0.455. The molecule has 1 N–H and O–H groups in total. The van der Waals surface area contributed by atoms with Crippen molar-refractivity contribution in [2.45, 2.75) is 19.3 Å². The highest BCUT2D eigenvalue weighted by Crippen LogP contribution is 2.12. The summed E-state index contributed by atoms with van der Waals surface area (Å²) in [6.45, 7) is 0.703. The molecule has 0 radical (unpaired) electrons. The molecular weight excluding hydrogens is 336 g/mol. The molecule has 0 saturated heterocycles. The molecule has 88 valence electrons. The summed E-state index contributed by atoms with van der Waals surface area (Å²) in [6, 6.07) is 3.60. The molecule has 0 aliphatic carbocycles. The first kappa shape index (κ1) is 13.6. The zero-order valence-electron chi connectivity index (χ0n) is 8.88. The average Bonchev–Trinajstić information content (AvgIpc) is 2.29. The summed E-state index contributed by atoms with van der Waals surface area (Å²) in [5.41, 5.74) is 0.447. The molecule has 1 aromatic heterocycles. The molecule has 0 atom stereocenters. The van der Waals surface area contributed by atoms with Crippen LogP contribution in [0.3, 0.4) is 0 Å². The summed E-state index contributed by atoms with van der Waals surface area (Å²) in [4.78, 5) is 15.7. The number of aromatic nitrogens is 1. The molecule has 1 heterocycles. The fourth-order valence-electron chi connectivity index (χ4n) is 1.23. The Bertz CT molecular complexity index is 345. The van der Waals surface area contributed by atoms with Crippen molar-refractivity contribution in [2.24, 2.45) is 0 Å². The quantitative estimate of drug-likeness (QED) is 0.633. The maximum absolute atomic E-state index is 11.7. The number of pyridine rings is 1. The molecule has 0 unspecified atom stereocenters. The second kappa shape index (κ2) is 7.79. The zero-order chi connectivity index (χ0) is 11.8. The van der Waals surface area contributed by atoms with Crippen molar-refractivity contribution in [3.8, 4) is 0 Å². The smallest absolute Gasteiger partial charge is 0.271 e.